The van der Waals surface area contributed by atoms with E-state index in [1.807, 2.05) is 6.07 Å². The van der Waals surface area contributed by atoms with Gasteiger partial charge in [-0.2, -0.15) is 0 Å². The minimum atomic E-state index is -0.407. The molecule has 3 aromatic rings. The average molecular weight is 308 g/mol. The first-order chi connectivity index (χ1) is 10.8. The smallest absolute Gasteiger partial charge is 0.123 e. The Morgan fingerprint density at radius 3 is 1.82 bits per heavy atom. The van der Waals surface area contributed by atoms with Crippen LogP contribution in [0, 0.1) is 5.82 Å². The van der Waals surface area contributed by atoms with Crippen molar-refractivity contribution >= 4 is 18.5 Å². The Morgan fingerprint density at radius 2 is 1.27 bits per heavy atom. The maximum Gasteiger partial charge on any atom is 0.123 e. The normalized spacial score (nSPS) is 10.8. The van der Waals surface area contributed by atoms with Gasteiger partial charge in [0.2, 0.25) is 0 Å². The number of aryl methyl sites for hydroxylation is 1. The van der Waals surface area contributed by atoms with Gasteiger partial charge in [-0.05, 0) is 48.8 Å². The summed E-state index contributed by atoms with van der Waals surface area (Å²) in [6, 6.07) is 28.2. The van der Waals surface area contributed by atoms with Crippen molar-refractivity contribution in [2.45, 2.75) is 6.42 Å². The van der Waals surface area contributed by atoms with E-state index in [2.05, 4.69) is 60.7 Å². The van der Waals surface area contributed by atoms with Crippen LogP contribution in [0.3, 0.4) is 0 Å². The molecule has 22 heavy (non-hydrogen) atoms. The second-order valence-corrected chi connectivity index (χ2v) is 7.54. The third-order valence-corrected chi connectivity index (χ3v) is 6.16. The third kappa shape index (κ3) is 3.81. The first kappa shape index (κ1) is 14.9. The van der Waals surface area contributed by atoms with E-state index in [0.717, 1.165) is 18.1 Å². The lowest BCUT2D eigenvalue weighted by atomic mass is 10.2. The largest absolute Gasteiger partial charge is 0.207 e. The molecule has 0 unspecified atom stereocenters. The summed E-state index contributed by atoms with van der Waals surface area (Å²) in [5, 5.41) is 2.75. The molecule has 0 bridgehead atoms. The first-order valence-electron chi connectivity index (χ1n) is 7.45. The lowest BCUT2D eigenvalue weighted by molar-refractivity contribution is 0.626. The van der Waals surface area contributed by atoms with E-state index in [1.165, 1.54) is 16.7 Å². The molecule has 2 heteroatoms. The average Bonchev–Trinajstić information content (AvgIpc) is 2.57. The topological polar surface area (TPSA) is 0 Å². The number of hydrogen-bond acceptors (Lipinski definition) is 0. The van der Waals surface area contributed by atoms with Gasteiger partial charge in [0.05, 0.1) is 0 Å². The van der Waals surface area contributed by atoms with Gasteiger partial charge in [-0.1, -0.05) is 72.8 Å². The third-order valence-electron chi connectivity index (χ3n) is 3.65. The molecule has 0 heterocycles. The summed E-state index contributed by atoms with van der Waals surface area (Å²) in [5.74, 6) is -0.152. The maximum absolute atomic E-state index is 13.3. The minimum absolute atomic E-state index is 0.152. The summed E-state index contributed by atoms with van der Waals surface area (Å²) in [4.78, 5) is 0. The second kappa shape index (κ2) is 7.33. The Morgan fingerprint density at radius 1 is 0.682 bits per heavy atom. The Labute approximate surface area is 132 Å². The van der Waals surface area contributed by atoms with Crippen molar-refractivity contribution in [3.63, 3.8) is 0 Å². The molecule has 0 aliphatic rings. The molecular weight excluding hydrogens is 290 g/mol. The Bertz CT molecular complexity index is 671. The highest BCUT2D eigenvalue weighted by molar-refractivity contribution is 7.73. The summed E-state index contributed by atoms with van der Waals surface area (Å²) < 4.78 is 13.3. The summed E-state index contributed by atoms with van der Waals surface area (Å²) in [6.45, 7) is 0. The predicted octanol–water partition coefficient (Wildman–Crippen LogP) is 4.50. The molecule has 0 fully saturated rings. The van der Waals surface area contributed by atoms with Crippen molar-refractivity contribution in [1.82, 2.24) is 0 Å². The first-order valence-corrected chi connectivity index (χ1v) is 8.98. The van der Waals surface area contributed by atoms with Gasteiger partial charge in [-0.25, -0.2) is 4.39 Å². The van der Waals surface area contributed by atoms with Gasteiger partial charge in [0.15, 0.2) is 0 Å². The molecule has 0 nitrogen and oxygen atoms in total. The lowest BCUT2D eigenvalue weighted by Gasteiger charge is -2.18. The van der Waals surface area contributed by atoms with Crippen LogP contribution in [0.5, 0.6) is 0 Å². The van der Waals surface area contributed by atoms with Crippen LogP contribution in [0.1, 0.15) is 5.56 Å². The zero-order valence-corrected chi connectivity index (χ0v) is 13.2. The van der Waals surface area contributed by atoms with Crippen molar-refractivity contribution in [2.75, 3.05) is 6.16 Å². The second-order valence-electron chi connectivity index (χ2n) is 5.20. The monoisotopic (exact) mass is 308 g/mol. The molecule has 0 radical (unpaired) electrons. The van der Waals surface area contributed by atoms with Gasteiger partial charge >= 0.3 is 0 Å². The van der Waals surface area contributed by atoms with Crippen LogP contribution in [-0.2, 0) is 6.42 Å². The summed E-state index contributed by atoms with van der Waals surface area (Å²) in [5.41, 5.74) is 1.07. The van der Waals surface area contributed by atoms with Gasteiger partial charge in [0.1, 0.15) is 5.82 Å². The molecule has 0 aliphatic carbocycles. The zero-order chi connectivity index (χ0) is 15.2. The zero-order valence-electron chi connectivity index (χ0n) is 12.3. The number of benzene rings is 3. The van der Waals surface area contributed by atoms with Crippen LogP contribution in [0.4, 0.5) is 4.39 Å². The van der Waals surface area contributed by atoms with Crippen LogP contribution in [0.15, 0.2) is 84.9 Å². The summed E-state index contributed by atoms with van der Waals surface area (Å²) >= 11 is 0. The van der Waals surface area contributed by atoms with E-state index < -0.39 is 7.92 Å². The molecular formula is C20H18FP. The Hall–Kier alpha value is -1.98. The molecule has 0 saturated heterocycles. The molecule has 3 rings (SSSR count). The molecule has 0 aromatic heterocycles. The molecule has 0 N–H and O–H groups in total. The van der Waals surface area contributed by atoms with E-state index >= 15 is 0 Å². The number of halogens is 1. The van der Waals surface area contributed by atoms with Crippen molar-refractivity contribution in [3.05, 3.63) is 96.3 Å². The highest BCUT2D eigenvalue weighted by Crippen LogP contribution is 2.34. The van der Waals surface area contributed by atoms with Crippen molar-refractivity contribution in [1.29, 1.82) is 0 Å². The number of hydrogen-bond donors (Lipinski definition) is 0. The van der Waals surface area contributed by atoms with E-state index in [1.54, 1.807) is 12.1 Å². The van der Waals surface area contributed by atoms with Crippen molar-refractivity contribution in [3.8, 4) is 0 Å². The maximum atomic E-state index is 13.3. The van der Waals surface area contributed by atoms with E-state index in [-0.39, 0.29) is 5.82 Å². The minimum Gasteiger partial charge on any atom is -0.207 e. The van der Waals surface area contributed by atoms with Crippen molar-refractivity contribution in [2.24, 2.45) is 0 Å². The fourth-order valence-corrected chi connectivity index (χ4v) is 4.92. The van der Waals surface area contributed by atoms with Crippen molar-refractivity contribution < 1.29 is 4.39 Å². The standard InChI is InChI=1S/C20H18FP/c21-18-9-7-8-17(16-18)14-15-22(19-10-3-1-4-11-19)20-12-5-2-6-13-20/h1-13,16H,14-15H2. The van der Waals surface area contributed by atoms with Crippen LogP contribution >= 0.6 is 7.92 Å². The summed E-state index contributed by atoms with van der Waals surface area (Å²) in [6.07, 6.45) is 1.93. The van der Waals surface area contributed by atoms with Crippen LogP contribution in [-0.4, -0.2) is 6.16 Å². The number of rotatable bonds is 5. The van der Waals surface area contributed by atoms with Crippen LogP contribution in [0.2, 0.25) is 0 Å². The molecule has 3 aromatic carbocycles. The molecule has 0 amide bonds. The molecule has 110 valence electrons. The van der Waals surface area contributed by atoms with E-state index in [0.29, 0.717) is 0 Å². The predicted molar refractivity (Wildman–Crippen MR) is 94.0 cm³/mol. The SMILES string of the molecule is Fc1cccc(CCP(c2ccccc2)c2ccccc2)c1. The highest BCUT2D eigenvalue weighted by atomic mass is 31.1. The molecule has 0 saturated carbocycles. The fourth-order valence-electron chi connectivity index (χ4n) is 2.56. The van der Waals surface area contributed by atoms with Gasteiger partial charge in [-0.3, -0.25) is 0 Å². The summed E-state index contributed by atoms with van der Waals surface area (Å²) in [7, 11) is -0.407. The Balaban J connectivity index is 1.83. The van der Waals surface area contributed by atoms with Gasteiger partial charge in [-0.15, -0.1) is 0 Å². The molecule has 0 aliphatic heterocycles. The van der Waals surface area contributed by atoms with Crippen LogP contribution < -0.4 is 10.6 Å². The van der Waals surface area contributed by atoms with E-state index in [9.17, 15) is 4.39 Å². The Kier molecular flexibility index (Phi) is 4.98. The van der Waals surface area contributed by atoms with Gasteiger partial charge in [0, 0.05) is 0 Å². The van der Waals surface area contributed by atoms with E-state index in [4.69, 9.17) is 0 Å². The highest BCUT2D eigenvalue weighted by Gasteiger charge is 2.13. The fraction of sp³-hybridized carbons (Fsp3) is 0.100. The van der Waals surface area contributed by atoms with Crippen LogP contribution in [0.25, 0.3) is 0 Å². The molecule has 0 atom stereocenters. The molecule has 0 spiro atoms. The van der Waals surface area contributed by atoms with Gasteiger partial charge in [0.25, 0.3) is 0 Å². The van der Waals surface area contributed by atoms with Gasteiger partial charge < -0.3 is 0 Å². The lowest BCUT2D eigenvalue weighted by Crippen LogP contribution is -2.14. The quantitative estimate of drug-likeness (QED) is 0.609.